The summed E-state index contributed by atoms with van der Waals surface area (Å²) in [6.45, 7) is 1.56. The third kappa shape index (κ3) is 2.50. The van der Waals surface area contributed by atoms with Crippen LogP contribution in [0.4, 0.5) is 4.39 Å². The Morgan fingerprint density at radius 3 is 2.69 bits per heavy atom. The summed E-state index contributed by atoms with van der Waals surface area (Å²) in [4.78, 5) is 0. The van der Waals surface area contributed by atoms with Gasteiger partial charge in [0.2, 0.25) is 0 Å². The molecule has 0 fully saturated rings. The van der Waals surface area contributed by atoms with E-state index < -0.39 is 6.10 Å². The lowest BCUT2D eigenvalue weighted by Crippen LogP contribution is -2.01. The van der Waals surface area contributed by atoms with Crippen LogP contribution >= 0.6 is 0 Å². The van der Waals surface area contributed by atoms with Crippen molar-refractivity contribution >= 4 is 0 Å². The van der Waals surface area contributed by atoms with Crippen LogP contribution < -0.4 is 0 Å². The first kappa shape index (κ1) is 10.2. The quantitative estimate of drug-likeness (QED) is 0.748. The molecule has 0 saturated carbocycles. The van der Waals surface area contributed by atoms with Crippen LogP contribution in [0.25, 0.3) is 0 Å². The average Bonchev–Trinajstić information content (AvgIpc) is 2.10. The molecule has 0 amide bonds. The van der Waals surface area contributed by atoms with Crippen molar-refractivity contribution in [1.29, 1.82) is 0 Å². The molecular formula is C10H13FO2. The van der Waals surface area contributed by atoms with Gasteiger partial charge in [-0.25, -0.2) is 4.39 Å². The number of aliphatic hydroxyl groups excluding tert-OH is 2. The highest BCUT2D eigenvalue weighted by molar-refractivity contribution is 5.24. The monoisotopic (exact) mass is 184 g/mol. The minimum atomic E-state index is -0.778. The second-order valence-corrected chi connectivity index (χ2v) is 3.04. The maximum Gasteiger partial charge on any atom is 0.126 e. The van der Waals surface area contributed by atoms with Gasteiger partial charge in [0.05, 0.1) is 6.10 Å². The van der Waals surface area contributed by atoms with Gasteiger partial charge in [-0.1, -0.05) is 12.1 Å². The predicted molar refractivity (Wildman–Crippen MR) is 47.8 cm³/mol. The van der Waals surface area contributed by atoms with Crippen molar-refractivity contribution in [2.24, 2.45) is 0 Å². The Labute approximate surface area is 76.6 Å². The summed E-state index contributed by atoms with van der Waals surface area (Å²) < 4.78 is 13.0. The van der Waals surface area contributed by atoms with Crippen LogP contribution in [0.2, 0.25) is 0 Å². The highest BCUT2D eigenvalue weighted by atomic mass is 19.1. The van der Waals surface area contributed by atoms with Gasteiger partial charge in [-0.3, -0.25) is 0 Å². The summed E-state index contributed by atoms with van der Waals surface area (Å²) in [7, 11) is 0. The molecule has 0 aliphatic heterocycles. The van der Waals surface area contributed by atoms with E-state index in [1.165, 1.54) is 6.07 Å². The van der Waals surface area contributed by atoms with Gasteiger partial charge in [0, 0.05) is 13.0 Å². The standard InChI is InChI=1S/C10H13FO2/c1-7-2-3-8(6-9(7)11)10(13)4-5-12/h2-3,6,10,12-13H,4-5H2,1H3. The van der Waals surface area contributed by atoms with Gasteiger partial charge in [0.25, 0.3) is 0 Å². The lowest BCUT2D eigenvalue weighted by molar-refractivity contribution is 0.134. The number of benzene rings is 1. The molecule has 1 aromatic carbocycles. The molecule has 0 saturated heterocycles. The SMILES string of the molecule is Cc1ccc(C(O)CCO)cc1F. The van der Waals surface area contributed by atoms with Crippen molar-refractivity contribution in [3.05, 3.63) is 35.1 Å². The van der Waals surface area contributed by atoms with Crippen LogP contribution in [-0.2, 0) is 0 Å². The van der Waals surface area contributed by atoms with E-state index in [0.29, 0.717) is 11.1 Å². The third-order valence-electron chi connectivity index (χ3n) is 1.98. The van der Waals surface area contributed by atoms with Crippen molar-refractivity contribution in [3.63, 3.8) is 0 Å². The van der Waals surface area contributed by atoms with Gasteiger partial charge >= 0.3 is 0 Å². The molecule has 0 bridgehead atoms. The lowest BCUT2D eigenvalue weighted by Gasteiger charge is -2.09. The van der Waals surface area contributed by atoms with Gasteiger partial charge in [0.1, 0.15) is 5.82 Å². The summed E-state index contributed by atoms with van der Waals surface area (Å²) in [6.07, 6.45) is -0.539. The van der Waals surface area contributed by atoms with Gasteiger partial charge in [0.15, 0.2) is 0 Å². The highest BCUT2D eigenvalue weighted by Gasteiger charge is 2.08. The second kappa shape index (κ2) is 4.35. The molecule has 1 aromatic rings. The zero-order chi connectivity index (χ0) is 9.84. The molecule has 0 aliphatic rings. The van der Waals surface area contributed by atoms with Crippen LogP contribution in [0.1, 0.15) is 23.7 Å². The van der Waals surface area contributed by atoms with Crippen LogP contribution in [-0.4, -0.2) is 16.8 Å². The molecule has 0 radical (unpaired) electrons. The summed E-state index contributed by atoms with van der Waals surface area (Å²) in [5.74, 6) is -0.325. The minimum absolute atomic E-state index is 0.101. The molecule has 3 heteroatoms. The van der Waals surface area contributed by atoms with Crippen molar-refractivity contribution in [3.8, 4) is 0 Å². The normalized spacial score (nSPS) is 12.9. The molecular weight excluding hydrogens is 171 g/mol. The average molecular weight is 184 g/mol. The first-order valence-corrected chi connectivity index (χ1v) is 4.20. The Hall–Kier alpha value is -0.930. The van der Waals surface area contributed by atoms with E-state index in [4.69, 9.17) is 5.11 Å². The molecule has 0 aromatic heterocycles. The van der Waals surface area contributed by atoms with Gasteiger partial charge in [-0.05, 0) is 24.1 Å². The smallest absolute Gasteiger partial charge is 0.126 e. The van der Waals surface area contributed by atoms with Gasteiger partial charge in [-0.2, -0.15) is 0 Å². The Morgan fingerprint density at radius 1 is 1.46 bits per heavy atom. The van der Waals surface area contributed by atoms with Crippen molar-refractivity contribution in [2.75, 3.05) is 6.61 Å². The number of aryl methyl sites for hydroxylation is 1. The number of hydrogen-bond donors (Lipinski definition) is 2. The first-order chi connectivity index (χ1) is 6.15. The molecule has 2 N–H and O–H groups in total. The van der Waals surface area contributed by atoms with Crippen molar-refractivity contribution in [2.45, 2.75) is 19.4 Å². The molecule has 0 spiro atoms. The summed E-state index contributed by atoms with van der Waals surface area (Å²) in [5, 5.41) is 18.0. The molecule has 13 heavy (non-hydrogen) atoms. The van der Waals surface area contributed by atoms with Crippen molar-refractivity contribution in [1.82, 2.24) is 0 Å². The molecule has 72 valence electrons. The van der Waals surface area contributed by atoms with Gasteiger partial charge < -0.3 is 10.2 Å². The fourth-order valence-corrected chi connectivity index (χ4v) is 1.11. The second-order valence-electron chi connectivity index (χ2n) is 3.04. The molecule has 0 heterocycles. The zero-order valence-electron chi connectivity index (χ0n) is 7.50. The Bertz CT molecular complexity index is 286. The Balaban J connectivity index is 2.84. The first-order valence-electron chi connectivity index (χ1n) is 4.20. The van der Waals surface area contributed by atoms with E-state index in [9.17, 15) is 9.50 Å². The van der Waals surface area contributed by atoms with Gasteiger partial charge in [-0.15, -0.1) is 0 Å². The molecule has 1 rings (SSSR count). The van der Waals surface area contributed by atoms with E-state index in [2.05, 4.69) is 0 Å². The summed E-state index contributed by atoms with van der Waals surface area (Å²) in [5.41, 5.74) is 1.07. The van der Waals surface area contributed by atoms with Crippen LogP contribution in [0, 0.1) is 12.7 Å². The zero-order valence-corrected chi connectivity index (χ0v) is 7.50. The van der Waals surface area contributed by atoms with Crippen LogP contribution in [0.3, 0.4) is 0 Å². The summed E-state index contributed by atoms with van der Waals surface area (Å²) >= 11 is 0. The minimum Gasteiger partial charge on any atom is -0.396 e. The number of hydrogen-bond acceptors (Lipinski definition) is 2. The third-order valence-corrected chi connectivity index (χ3v) is 1.98. The fourth-order valence-electron chi connectivity index (χ4n) is 1.11. The van der Waals surface area contributed by atoms with Crippen LogP contribution in [0.5, 0.6) is 0 Å². The van der Waals surface area contributed by atoms with E-state index in [1.54, 1.807) is 19.1 Å². The van der Waals surface area contributed by atoms with E-state index >= 15 is 0 Å². The lowest BCUT2D eigenvalue weighted by atomic mass is 10.1. The topological polar surface area (TPSA) is 40.5 Å². The molecule has 2 nitrogen and oxygen atoms in total. The van der Waals surface area contributed by atoms with E-state index in [0.717, 1.165) is 0 Å². The summed E-state index contributed by atoms with van der Waals surface area (Å²) in [6, 6.07) is 4.58. The highest BCUT2D eigenvalue weighted by Crippen LogP contribution is 2.18. The molecule has 0 aliphatic carbocycles. The Kier molecular flexibility index (Phi) is 3.39. The van der Waals surface area contributed by atoms with Crippen molar-refractivity contribution < 1.29 is 14.6 Å². The predicted octanol–water partition coefficient (Wildman–Crippen LogP) is 1.55. The molecule has 1 unspecified atom stereocenters. The largest absolute Gasteiger partial charge is 0.396 e. The van der Waals surface area contributed by atoms with Crippen LogP contribution in [0.15, 0.2) is 18.2 Å². The Morgan fingerprint density at radius 2 is 2.15 bits per heavy atom. The number of aliphatic hydroxyl groups is 2. The molecule has 1 atom stereocenters. The fraction of sp³-hybridized carbons (Fsp3) is 0.400. The number of rotatable bonds is 3. The maximum absolute atomic E-state index is 13.0. The number of halogens is 1. The maximum atomic E-state index is 13.0. The van der Waals surface area contributed by atoms with E-state index in [-0.39, 0.29) is 18.8 Å². The van der Waals surface area contributed by atoms with E-state index in [1.807, 2.05) is 0 Å².